The SMILES string of the molecule is CCC(NN)C(C(C)N)C1CCCCC1. The van der Waals surface area contributed by atoms with Gasteiger partial charge in [0.2, 0.25) is 0 Å². The lowest BCUT2D eigenvalue weighted by Gasteiger charge is -2.37. The van der Waals surface area contributed by atoms with Crippen LogP contribution in [-0.4, -0.2) is 12.1 Å². The van der Waals surface area contributed by atoms with Gasteiger partial charge in [-0.05, 0) is 25.2 Å². The first-order chi connectivity index (χ1) is 7.20. The summed E-state index contributed by atoms with van der Waals surface area (Å²) in [5, 5.41) is 0. The van der Waals surface area contributed by atoms with Crippen molar-refractivity contribution in [1.82, 2.24) is 5.43 Å². The van der Waals surface area contributed by atoms with E-state index in [1.807, 2.05) is 0 Å². The Bertz CT molecular complexity index is 160. The molecule has 0 amide bonds. The lowest BCUT2D eigenvalue weighted by atomic mass is 9.73. The molecule has 3 heteroatoms. The van der Waals surface area contributed by atoms with Crippen molar-refractivity contribution in [3.05, 3.63) is 0 Å². The fourth-order valence-electron chi connectivity index (χ4n) is 3.14. The first-order valence-electron chi connectivity index (χ1n) is 6.42. The van der Waals surface area contributed by atoms with E-state index in [0.29, 0.717) is 12.0 Å². The number of hydrazine groups is 1. The lowest BCUT2D eigenvalue weighted by molar-refractivity contribution is 0.168. The van der Waals surface area contributed by atoms with Crippen molar-refractivity contribution < 1.29 is 0 Å². The monoisotopic (exact) mass is 213 g/mol. The Morgan fingerprint density at radius 2 is 1.87 bits per heavy atom. The van der Waals surface area contributed by atoms with Gasteiger partial charge in [-0.25, -0.2) is 0 Å². The van der Waals surface area contributed by atoms with Gasteiger partial charge in [0.15, 0.2) is 0 Å². The molecule has 3 nitrogen and oxygen atoms in total. The molecule has 1 saturated carbocycles. The van der Waals surface area contributed by atoms with Crippen LogP contribution in [0.3, 0.4) is 0 Å². The van der Waals surface area contributed by atoms with Crippen LogP contribution >= 0.6 is 0 Å². The normalized spacial score (nSPS) is 24.8. The Labute approximate surface area is 93.9 Å². The first-order valence-corrected chi connectivity index (χ1v) is 6.42. The van der Waals surface area contributed by atoms with E-state index in [-0.39, 0.29) is 6.04 Å². The van der Waals surface area contributed by atoms with Crippen molar-refractivity contribution in [2.75, 3.05) is 0 Å². The summed E-state index contributed by atoms with van der Waals surface area (Å²) in [6, 6.07) is 0.627. The fourth-order valence-corrected chi connectivity index (χ4v) is 3.14. The summed E-state index contributed by atoms with van der Waals surface area (Å²) in [5.74, 6) is 6.94. The maximum atomic E-state index is 6.12. The second-order valence-electron chi connectivity index (χ2n) is 5.02. The molecule has 0 aromatic heterocycles. The molecule has 5 N–H and O–H groups in total. The van der Waals surface area contributed by atoms with E-state index in [0.717, 1.165) is 12.3 Å². The van der Waals surface area contributed by atoms with Gasteiger partial charge >= 0.3 is 0 Å². The summed E-state index contributed by atoms with van der Waals surface area (Å²) in [6.45, 7) is 4.31. The summed E-state index contributed by atoms with van der Waals surface area (Å²) < 4.78 is 0. The van der Waals surface area contributed by atoms with Crippen molar-refractivity contribution in [2.45, 2.75) is 64.5 Å². The highest BCUT2D eigenvalue weighted by Gasteiger charge is 2.31. The number of nitrogens with two attached hydrogens (primary N) is 2. The third-order valence-corrected chi connectivity index (χ3v) is 3.92. The number of rotatable bonds is 5. The van der Waals surface area contributed by atoms with E-state index in [1.54, 1.807) is 0 Å². The summed E-state index contributed by atoms with van der Waals surface area (Å²) in [4.78, 5) is 0. The summed E-state index contributed by atoms with van der Waals surface area (Å²) in [7, 11) is 0. The largest absolute Gasteiger partial charge is 0.328 e. The molecule has 0 bridgehead atoms. The van der Waals surface area contributed by atoms with Gasteiger partial charge in [0.05, 0.1) is 0 Å². The predicted molar refractivity (Wildman–Crippen MR) is 65.1 cm³/mol. The zero-order valence-corrected chi connectivity index (χ0v) is 10.2. The minimum Gasteiger partial charge on any atom is -0.328 e. The zero-order chi connectivity index (χ0) is 11.3. The van der Waals surface area contributed by atoms with Crippen molar-refractivity contribution >= 4 is 0 Å². The predicted octanol–water partition coefficient (Wildman–Crippen LogP) is 1.77. The highest BCUT2D eigenvalue weighted by Crippen LogP contribution is 2.33. The Balaban J connectivity index is 2.62. The molecule has 0 spiro atoms. The summed E-state index contributed by atoms with van der Waals surface area (Å²) in [6.07, 6.45) is 7.88. The van der Waals surface area contributed by atoms with Crippen LogP contribution in [-0.2, 0) is 0 Å². The molecule has 0 saturated heterocycles. The number of nitrogens with one attached hydrogen (secondary N) is 1. The standard InChI is InChI=1S/C12H27N3/c1-3-11(15-14)12(9(2)13)10-7-5-4-6-8-10/h9-12,15H,3-8,13-14H2,1-2H3. The van der Waals surface area contributed by atoms with Crippen molar-refractivity contribution in [3.63, 3.8) is 0 Å². The molecular formula is C12H27N3. The molecule has 0 aliphatic heterocycles. The second kappa shape index (κ2) is 6.46. The van der Waals surface area contributed by atoms with Crippen LogP contribution in [0, 0.1) is 11.8 Å². The summed E-state index contributed by atoms with van der Waals surface area (Å²) in [5.41, 5.74) is 9.07. The molecule has 15 heavy (non-hydrogen) atoms. The third-order valence-electron chi connectivity index (χ3n) is 3.92. The number of hydrogen-bond acceptors (Lipinski definition) is 3. The van der Waals surface area contributed by atoms with Crippen LogP contribution < -0.4 is 17.0 Å². The Morgan fingerprint density at radius 1 is 1.27 bits per heavy atom. The van der Waals surface area contributed by atoms with Crippen molar-refractivity contribution in [1.29, 1.82) is 0 Å². The fraction of sp³-hybridized carbons (Fsp3) is 1.00. The Kier molecular flexibility index (Phi) is 5.58. The van der Waals surface area contributed by atoms with E-state index >= 15 is 0 Å². The van der Waals surface area contributed by atoms with E-state index in [1.165, 1.54) is 32.1 Å². The van der Waals surface area contributed by atoms with Gasteiger partial charge in [-0.1, -0.05) is 39.0 Å². The molecule has 3 unspecified atom stereocenters. The second-order valence-corrected chi connectivity index (χ2v) is 5.02. The van der Waals surface area contributed by atoms with E-state index < -0.39 is 0 Å². The van der Waals surface area contributed by atoms with Crippen LogP contribution in [0.25, 0.3) is 0 Å². The van der Waals surface area contributed by atoms with Crippen LogP contribution in [0.4, 0.5) is 0 Å². The molecule has 90 valence electrons. The smallest absolute Gasteiger partial charge is 0.0253 e. The quantitative estimate of drug-likeness (QED) is 0.482. The molecule has 0 heterocycles. The maximum Gasteiger partial charge on any atom is 0.0253 e. The van der Waals surface area contributed by atoms with Crippen LogP contribution in [0.2, 0.25) is 0 Å². The van der Waals surface area contributed by atoms with E-state index in [9.17, 15) is 0 Å². The first kappa shape index (κ1) is 12.9. The van der Waals surface area contributed by atoms with Gasteiger partial charge in [-0.2, -0.15) is 0 Å². The minimum atomic E-state index is 0.245. The molecule has 1 rings (SSSR count). The minimum absolute atomic E-state index is 0.245. The Hall–Kier alpha value is -0.120. The van der Waals surface area contributed by atoms with Crippen LogP contribution in [0.5, 0.6) is 0 Å². The Morgan fingerprint density at radius 3 is 2.27 bits per heavy atom. The highest BCUT2D eigenvalue weighted by atomic mass is 15.2. The molecule has 1 fully saturated rings. The topological polar surface area (TPSA) is 64.1 Å². The molecule has 3 atom stereocenters. The van der Waals surface area contributed by atoms with Gasteiger partial charge in [0, 0.05) is 12.1 Å². The van der Waals surface area contributed by atoms with Gasteiger partial charge in [-0.3, -0.25) is 11.3 Å². The average molecular weight is 213 g/mol. The van der Waals surface area contributed by atoms with Crippen LogP contribution in [0.15, 0.2) is 0 Å². The molecular weight excluding hydrogens is 186 g/mol. The molecule has 0 aromatic rings. The average Bonchev–Trinajstić information content (AvgIpc) is 2.26. The van der Waals surface area contributed by atoms with Crippen molar-refractivity contribution in [2.24, 2.45) is 23.4 Å². The number of hydrogen-bond donors (Lipinski definition) is 3. The molecule has 0 aromatic carbocycles. The lowest BCUT2D eigenvalue weighted by Crippen LogP contribution is -2.50. The molecule has 1 aliphatic rings. The van der Waals surface area contributed by atoms with Gasteiger partial charge in [0.1, 0.15) is 0 Å². The van der Waals surface area contributed by atoms with Gasteiger partial charge in [0.25, 0.3) is 0 Å². The zero-order valence-electron chi connectivity index (χ0n) is 10.2. The highest BCUT2D eigenvalue weighted by molar-refractivity contribution is 4.86. The van der Waals surface area contributed by atoms with Crippen LogP contribution in [0.1, 0.15) is 52.4 Å². The molecule has 0 radical (unpaired) electrons. The van der Waals surface area contributed by atoms with E-state index in [4.69, 9.17) is 11.6 Å². The van der Waals surface area contributed by atoms with Gasteiger partial charge in [-0.15, -0.1) is 0 Å². The van der Waals surface area contributed by atoms with E-state index in [2.05, 4.69) is 19.3 Å². The van der Waals surface area contributed by atoms with Crippen molar-refractivity contribution in [3.8, 4) is 0 Å². The summed E-state index contributed by atoms with van der Waals surface area (Å²) >= 11 is 0. The van der Waals surface area contributed by atoms with Gasteiger partial charge < -0.3 is 5.73 Å². The maximum absolute atomic E-state index is 6.12. The third kappa shape index (κ3) is 3.44. The molecule has 1 aliphatic carbocycles.